The second kappa shape index (κ2) is 2.84. The monoisotopic (exact) mass is 202 g/mol. The van der Waals surface area contributed by atoms with Crippen LogP contribution in [0.15, 0.2) is 30.3 Å². The number of hydrogen-bond donors (Lipinski definition) is 1. The van der Waals surface area contributed by atoms with Gasteiger partial charge in [-0.05, 0) is 30.7 Å². The first-order valence-corrected chi connectivity index (χ1v) is 5.53. The van der Waals surface area contributed by atoms with E-state index in [1.54, 1.807) is 0 Å². The quantitative estimate of drug-likeness (QED) is 0.817. The van der Waals surface area contributed by atoms with Gasteiger partial charge < -0.3 is 5.11 Å². The van der Waals surface area contributed by atoms with Crippen LogP contribution in [0.5, 0.6) is 0 Å². The highest BCUT2D eigenvalue weighted by molar-refractivity contribution is 5.77. The molecule has 15 heavy (non-hydrogen) atoms. The Kier molecular flexibility index (Phi) is 1.70. The van der Waals surface area contributed by atoms with Gasteiger partial charge in [-0.15, -0.1) is 0 Å². The Morgan fingerprint density at radius 2 is 1.93 bits per heavy atom. The van der Waals surface area contributed by atoms with Crippen molar-refractivity contribution in [2.75, 3.05) is 0 Å². The molecule has 0 saturated heterocycles. The van der Waals surface area contributed by atoms with E-state index in [1.807, 2.05) is 18.2 Å². The van der Waals surface area contributed by atoms with Crippen LogP contribution in [0, 0.1) is 11.8 Å². The maximum Gasteiger partial charge on any atom is 0.307 e. The molecule has 0 bridgehead atoms. The molecule has 0 amide bonds. The standard InChI is InChI=1S/C13H14O2/c14-12(15)11-8-13(11,10-6-7-10)9-4-2-1-3-5-9/h1-5,10-11H,6-8H2,(H,14,15)/t11-,13?/m0/s1. The lowest BCUT2D eigenvalue weighted by molar-refractivity contribution is -0.139. The smallest absolute Gasteiger partial charge is 0.307 e. The van der Waals surface area contributed by atoms with E-state index in [9.17, 15) is 4.79 Å². The number of hydrogen-bond acceptors (Lipinski definition) is 1. The molecule has 78 valence electrons. The normalized spacial score (nSPS) is 33.7. The summed E-state index contributed by atoms with van der Waals surface area (Å²) in [5, 5.41) is 9.13. The van der Waals surface area contributed by atoms with Crippen LogP contribution in [0.4, 0.5) is 0 Å². The zero-order valence-corrected chi connectivity index (χ0v) is 8.52. The molecule has 1 aromatic rings. The average Bonchev–Trinajstić information content (AvgIpc) is 3.11. The average molecular weight is 202 g/mol. The Balaban J connectivity index is 1.97. The number of benzene rings is 1. The van der Waals surface area contributed by atoms with E-state index in [2.05, 4.69) is 12.1 Å². The van der Waals surface area contributed by atoms with Crippen LogP contribution >= 0.6 is 0 Å². The number of aliphatic carboxylic acids is 1. The van der Waals surface area contributed by atoms with Crippen LogP contribution in [0.3, 0.4) is 0 Å². The summed E-state index contributed by atoms with van der Waals surface area (Å²) in [5.74, 6) is -0.126. The van der Waals surface area contributed by atoms with Crippen LogP contribution < -0.4 is 0 Å². The van der Waals surface area contributed by atoms with Crippen molar-refractivity contribution in [3.05, 3.63) is 35.9 Å². The summed E-state index contributed by atoms with van der Waals surface area (Å²) >= 11 is 0. The number of rotatable bonds is 3. The molecule has 2 fully saturated rings. The third-order valence-corrected chi connectivity index (χ3v) is 3.92. The van der Waals surface area contributed by atoms with Gasteiger partial charge >= 0.3 is 5.97 Å². The summed E-state index contributed by atoms with van der Waals surface area (Å²) in [6.07, 6.45) is 3.26. The van der Waals surface area contributed by atoms with Gasteiger partial charge in [0.15, 0.2) is 0 Å². The number of carbonyl (C=O) groups is 1. The maximum atomic E-state index is 11.1. The van der Waals surface area contributed by atoms with Crippen LogP contribution in [-0.2, 0) is 10.2 Å². The predicted octanol–water partition coefficient (Wildman–Crippen LogP) is 2.44. The molecule has 0 aromatic heterocycles. The minimum Gasteiger partial charge on any atom is -0.481 e. The summed E-state index contributed by atoms with van der Waals surface area (Å²) in [7, 11) is 0. The van der Waals surface area contributed by atoms with Crippen molar-refractivity contribution in [3.8, 4) is 0 Å². The van der Waals surface area contributed by atoms with E-state index in [4.69, 9.17) is 5.11 Å². The molecule has 2 heteroatoms. The Morgan fingerprint density at radius 3 is 2.40 bits per heavy atom. The van der Waals surface area contributed by atoms with E-state index in [0.717, 1.165) is 6.42 Å². The molecule has 1 unspecified atom stereocenters. The van der Waals surface area contributed by atoms with Gasteiger partial charge in [0.2, 0.25) is 0 Å². The third-order valence-electron chi connectivity index (χ3n) is 3.92. The Labute approximate surface area is 88.9 Å². The Hall–Kier alpha value is -1.31. The highest BCUT2D eigenvalue weighted by atomic mass is 16.4. The molecule has 2 saturated carbocycles. The van der Waals surface area contributed by atoms with Gasteiger partial charge in [0.25, 0.3) is 0 Å². The molecular weight excluding hydrogens is 188 g/mol. The SMILES string of the molecule is O=C(O)[C@@H]1CC1(c1ccccc1)C1CC1. The van der Waals surface area contributed by atoms with E-state index < -0.39 is 5.97 Å². The maximum absolute atomic E-state index is 11.1. The van der Waals surface area contributed by atoms with Crippen LogP contribution in [0.25, 0.3) is 0 Å². The minimum absolute atomic E-state index is 0.00685. The van der Waals surface area contributed by atoms with Crippen molar-refractivity contribution in [1.82, 2.24) is 0 Å². The molecule has 0 heterocycles. The summed E-state index contributed by atoms with van der Waals surface area (Å²) in [6, 6.07) is 10.2. The fraction of sp³-hybridized carbons (Fsp3) is 0.462. The number of carboxylic acid groups (broad SMARTS) is 1. The molecule has 3 rings (SSSR count). The Morgan fingerprint density at radius 1 is 1.27 bits per heavy atom. The summed E-state index contributed by atoms with van der Waals surface area (Å²) in [4.78, 5) is 11.1. The van der Waals surface area contributed by atoms with E-state index >= 15 is 0 Å². The summed E-state index contributed by atoms with van der Waals surface area (Å²) in [5.41, 5.74) is 1.23. The molecule has 2 nitrogen and oxygen atoms in total. The first-order chi connectivity index (χ1) is 7.25. The van der Waals surface area contributed by atoms with Crippen molar-refractivity contribution in [1.29, 1.82) is 0 Å². The van der Waals surface area contributed by atoms with Gasteiger partial charge in [-0.25, -0.2) is 0 Å². The van der Waals surface area contributed by atoms with Crippen molar-refractivity contribution in [2.45, 2.75) is 24.7 Å². The molecule has 2 atom stereocenters. The van der Waals surface area contributed by atoms with Crippen molar-refractivity contribution in [3.63, 3.8) is 0 Å². The molecule has 1 aromatic carbocycles. The van der Waals surface area contributed by atoms with Crippen LogP contribution in [-0.4, -0.2) is 11.1 Å². The van der Waals surface area contributed by atoms with Gasteiger partial charge in [-0.3, -0.25) is 4.79 Å². The summed E-state index contributed by atoms with van der Waals surface area (Å²) in [6.45, 7) is 0. The zero-order chi connectivity index (χ0) is 10.5. The van der Waals surface area contributed by atoms with Crippen molar-refractivity contribution < 1.29 is 9.90 Å². The molecule has 2 aliphatic rings. The lowest BCUT2D eigenvalue weighted by atomic mass is 9.88. The topological polar surface area (TPSA) is 37.3 Å². The van der Waals surface area contributed by atoms with E-state index in [1.165, 1.54) is 18.4 Å². The van der Waals surface area contributed by atoms with E-state index in [0.29, 0.717) is 5.92 Å². The van der Waals surface area contributed by atoms with Gasteiger partial charge in [0.05, 0.1) is 5.92 Å². The van der Waals surface area contributed by atoms with Crippen molar-refractivity contribution in [2.24, 2.45) is 11.8 Å². The van der Waals surface area contributed by atoms with Crippen LogP contribution in [0.1, 0.15) is 24.8 Å². The molecule has 0 spiro atoms. The second-order valence-electron chi connectivity index (χ2n) is 4.78. The fourth-order valence-electron chi connectivity index (χ4n) is 2.94. The first kappa shape index (κ1) is 8.96. The zero-order valence-electron chi connectivity index (χ0n) is 8.52. The molecule has 1 N–H and O–H groups in total. The largest absolute Gasteiger partial charge is 0.481 e. The lowest BCUT2D eigenvalue weighted by Gasteiger charge is -2.15. The lowest BCUT2D eigenvalue weighted by Crippen LogP contribution is -2.17. The van der Waals surface area contributed by atoms with Crippen LogP contribution in [0.2, 0.25) is 0 Å². The summed E-state index contributed by atoms with van der Waals surface area (Å²) < 4.78 is 0. The van der Waals surface area contributed by atoms with Gasteiger partial charge in [0.1, 0.15) is 0 Å². The number of carboxylic acids is 1. The van der Waals surface area contributed by atoms with E-state index in [-0.39, 0.29) is 11.3 Å². The molecular formula is C13H14O2. The fourth-order valence-corrected chi connectivity index (χ4v) is 2.94. The van der Waals surface area contributed by atoms with Gasteiger partial charge in [0, 0.05) is 5.41 Å². The first-order valence-electron chi connectivity index (χ1n) is 5.53. The molecule has 2 aliphatic carbocycles. The van der Waals surface area contributed by atoms with Gasteiger partial charge in [-0.1, -0.05) is 30.3 Å². The Bertz CT molecular complexity index is 394. The minimum atomic E-state index is -0.620. The van der Waals surface area contributed by atoms with Gasteiger partial charge in [-0.2, -0.15) is 0 Å². The highest BCUT2D eigenvalue weighted by Crippen LogP contribution is 2.66. The molecule has 0 aliphatic heterocycles. The van der Waals surface area contributed by atoms with Crippen molar-refractivity contribution >= 4 is 5.97 Å². The third kappa shape index (κ3) is 1.21. The highest BCUT2D eigenvalue weighted by Gasteiger charge is 2.66. The second-order valence-corrected chi connectivity index (χ2v) is 4.78. The molecule has 0 radical (unpaired) electrons. The predicted molar refractivity (Wildman–Crippen MR) is 56.6 cm³/mol.